The van der Waals surface area contributed by atoms with E-state index in [0.717, 1.165) is 18.8 Å². The first-order chi connectivity index (χ1) is 15.0. The summed E-state index contributed by atoms with van der Waals surface area (Å²) in [5, 5.41) is 3.23. The molecule has 2 heterocycles. The minimum absolute atomic E-state index is 0.0216. The van der Waals surface area contributed by atoms with Crippen molar-refractivity contribution in [3.63, 3.8) is 0 Å². The fourth-order valence-electron chi connectivity index (χ4n) is 3.73. The quantitative estimate of drug-likeness (QED) is 0.526. The highest BCUT2D eigenvalue weighted by Gasteiger charge is 2.25. The van der Waals surface area contributed by atoms with Crippen LogP contribution in [0.4, 0.5) is 0 Å². The van der Waals surface area contributed by atoms with Crippen molar-refractivity contribution >= 4 is 15.8 Å². The number of ether oxygens (including phenoxy) is 1. The van der Waals surface area contributed by atoms with Gasteiger partial charge in [0.15, 0.2) is 5.78 Å². The smallest absolute Gasteiger partial charge is 0.243 e. The van der Waals surface area contributed by atoms with Crippen LogP contribution >= 0.6 is 0 Å². The topological polar surface area (TPSA) is 92.1 Å². The molecule has 0 radical (unpaired) electrons. The number of nitrogens with one attached hydrogen (secondary N) is 1. The normalized spacial score (nSPS) is 16.5. The van der Waals surface area contributed by atoms with E-state index < -0.39 is 10.0 Å². The van der Waals surface area contributed by atoms with E-state index in [1.54, 1.807) is 32.2 Å². The summed E-state index contributed by atoms with van der Waals surface area (Å²) in [7, 11) is -3.53. The third-order valence-electron chi connectivity index (χ3n) is 5.50. The molecule has 1 N–H and O–H groups in total. The number of carbonyl (C=O) groups excluding carboxylic acids is 1. The molecule has 1 aliphatic rings. The fraction of sp³-hybridized carbons (Fsp3) is 0.500. The van der Waals surface area contributed by atoms with Crippen molar-refractivity contribution in [1.82, 2.24) is 14.5 Å². The number of ketones is 1. The van der Waals surface area contributed by atoms with E-state index in [0.29, 0.717) is 38.4 Å². The molecule has 8 nitrogen and oxygen atoms in total. The SMILES string of the molecule is CCN(CC)S(=O)(=O)c1ccc(C(=O)CNCC(c2ccco2)N2CCOCC2)cc1. The van der Waals surface area contributed by atoms with Gasteiger partial charge in [0.25, 0.3) is 0 Å². The second-order valence-electron chi connectivity index (χ2n) is 7.35. The van der Waals surface area contributed by atoms with Gasteiger partial charge in [0.05, 0.1) is 37.0 Å². The minimum atomic E-state index is -3.53. The van der Waals surface area contributed by atoms with Crippen molar-refractivity contribution in [3.8, 4) is 0 Å². The first kappa shape index (κ1) is 23.6. The molecule has 1 aromatic heterocycles. The third-order valence-corrected chi connectivity index (χ3v) is 7.56. The molecule has 1 fully saturated rings. The average Bonchev–Trinajstić information content (AvgIpc) is 3.32. The number of hydrogen-bond donors (Lipinski definition) is 1. The second kappa shape index (κ2) is 11.0. The Labute approximate surface area is 184 Å². The van der Waals surface area contributed by atoms with Crippen molar-refractivity contribution in [2.45, 2.75) is 24.8 Å². The van der Waals surface area contributed by atoms with Gasteiger partial charge in [0, 0.05) is 38.3 Å². The molecular formula is C22H31N3O5S. The number of Topliss-reactive ketones (excluding diaryl/α,β-unsaturated/α-hetero) is 1. The first-order valence-corrected chi connectivity index (χ1v) is 12.1. The van der Waals surface area contributed by atoms with E-state index >= 15 is 0 Å². The van der Waals surface area contributed by atoms with Crippen molar-refractivity contribution < 1.29 is 22.4 Å². The third kappa shape index (κ3) is 5.81. The van der Waals surface area contributed by atoms with E-state index in [9.17, 15) is 13.2 Å². The summed E-state index contributed by atoms with van der Waals surface area (Å²) in [6.07, 6.45) is 1.65. The standard InChI is InChI=1S/C22H31N3O5S/c1-3-25(4-2)31(27,28)19-9-7-18(8-10-19)21(26)17-23-16-20(22-6-5-13-30-22)24-11-14-29-15-12-24/h5-10,13,20,23H,3-4,11-12,14-17H2,1-2H3. The molecule has 0 saturated carbocycles. The number of furan rings is 1. The van der Waals surface area contributed by atoms with E-state index in [2.05, 4.69) is 10.2 Å². The van der Waals surface area contributed by atoms with Crippen molar-refractivity contribution in [1.29, 1.82) is 0 Å². The van der Waals surface area contributed by atoms with Crippen LogP contribution in [0.5, 0.6) is 0 Å². The van der Waals surface area contributed by atoms with Gasteiger partial charge in [-0.2, -0.15) is 4.31 Å². The lowest BCUT2D eigenvalue weighted by Crippen LogP contribution is -2.43. The van der Waals surface area contributed by atoms with E-state index in [1.807, 2.05) is 12.1 Å². The summed E-state index contributed by atoms with van der Waals surface area (Å²) in [6, 6.07) is 9.98. The van der Waals surface area contributed by atoms with Gasteiger partial charge in [0.2, 0.25) is 10.0 Å². The highest BCUT2D eigenvalue weighted by Crippen LogP contribution is 2.22. The Morgan fingerprint density at radius 1 is 1.13 bits per heavy atom. The lowest BCUT2D eigenvalue weighted by atomic mass is 10.1. The van der Waals surface area contributed by atoms with Crippen LogP contribution in [0.1, 0.15) is 36.0 Å². The Bertz CT molecular complexity index is 919. The lowest BCUT2D eigenvalue weighted by Gasteiger charge is -2.33. The van der Waals surface area contributed by atoms with Gasteiger partial charge >= 0.3 is 0 Å². The molecule has 3 rings (SSSR count). The number of sulfonamides is 1. The maximum Gasteiger partial charge on any atom is 0.243 e. The molecule has 170 valence electrons. The molecule has 1 unspecified atom stereocenters. The summed E-state index contributed by atoms with van der Waals surface area (Å²) < 4.78 is 37.6. The number of carbonyl (C=O) groups is 1. The number of morpholine rings is 1. The van der Waals surface area contributed by atoms with E-state index in [4.69, 9.17) is 9.15 Å². The maximum atomic E-state index is 12.6. The highest BCUT2D eigenvalue weighted by atomic mass is 32.2. The zero-order chi connectivity index (χ0) is 22.3. The van der Waals surface area contributed by atoms with Gasteiger partial charge in [-0.1, -0.05) is 26.0 Å². The summed E-state index contributed by atoms with van der Waals surface area (Å²) >= 11 is 0. The molecule has 0 aliphatic carbocycles. The Morgan fingerprint density at radius 3 is 2.39 bits per heavy atom. The monoisotopic (exact) mass is 449 g/mol. The largest absolute Gasteiger partial charge is 0.468 e. The second-order valence-corrected chi connectivity index (χ2v) is 9.29. The van der Waals surface area contributed by atoms with Crippen LogP contribution in [-0.2, 0) is 14.8 Å². The predicted molar refractivity (Wildman–Crippen MR) is 118 cm³/mol. The number of hydrogen-bond acceptors (Lipinski definition) is 7. The van der Waals surface area contributed by atoms with Gasteiger partial charge in [-0.25, -0.2) is 8.42 Å². The highest BCUT2D eigenvalue weighted by molar-refractivity contribution is 7.89. The Balaban J connectivity index is 1.59. The zero-order valence-electron chi connectivity index (χ0n) is 18.1. The predicted octanol–water partition coefficient (Wildman–Crippen LogP) is 2.16. The molecule has 9 heteroatoms. The fourth-order valence-corrected chi connectivity index (χ4v) is 5.19. The van der Waals surface area contributed by atoms with Crippen molar-refractivity contribution in [2.75, 3.05) is 52.5 Å². The zero-order valence-corrected chi connectivity index (χ0v) is 18.9. The van der Waals surface area contributed by atoms with Crippen LogP contribution in [0.25, 0.3) is 0 Å². The minimum Gasteiger partial charge on any atom is -0.468 e. The van der Waals surface area contributed by atoms with Crippen LogP contribution in [0, 0.1) is 0 Å². The van der Waals surface area contributed by atoms with E-state index in [-0.39, 0.29) is 23.3 Å². The molecule has 0 spiro atoms. The lowest BCUT2D eigenvalue weighted by molar-refractivity contribution is 0.0118. The maximum absolute atomic E-state index is 12.6. The molecule has 1 atom stereocenters. The van der Waals surface area contributed by atoms with Gasteiger partial charge in [-0.3, -0.25) is 9.69 Å². The van der Waals surface area contributed by atoms with Crippen LogP contribution in [0.2, 0.25) is 0 Å². The van der Waals surface area contributed by atoms with Gasteiger partial charge in [-0.05, 0) is 24.3 Å². The van der Waals surface area contributed by atoms with Crippen LogP contribution in [0.15, 0.2) is 52.0 Å². The number of nitrogens with zero attached hydrogens (tertiary/aromatic N) is 2. The average molecular weight is 450 g/mol. The first-order valence-electron chi connectivity index (χ1n) is 10.7. The van der Waals surface area contributed by atoms with Crippen LogP contribution < -0.4 is 5.32 Å². The van der Waals surface area contributed by atoms with Gasteiger partial charge < -0.3 is 14.5 Å². The van der Waals surface area contributed by atoms with E-state index in [1.165, 1.54) is 16.4 Å². The summed E-state index contributed by atoms with van der Waals surface area (Å²) in [5.41, 5.74) is 0.479. The Morgan fingerprint density at radius 2 is 1.81 bits per heavy atom. The van der Waals surface area contributed by atoms with Crippen LogP contribution in [0.3, 0.4) is 0 Å². The summed E-state index contributed by atoms with van der Waals surface area (Å²) in [4.78, 5) is 15.1. The molecule has 1 aliphatic heterocycles. The molecule has 0 bridgehead atoms. The van der Waals surface area contributed by atoms with Gasteiger partial charge in [0.1, 0.15) is 5.76 Å². The molecule has 1 saturated heterocycles. The molecule has 1 aromatic carbocycles. The Kier molecular flexibility index (Phi) is 8.39. The number of benzene rings is 1. The van der Waals surface area contributed by atoms with Crippen LogP contribution in [-0.4, -0.2) is 75.9 Å². The number of rotatable bonds is 11. The summed E-state index contributed by atoms with van der Waals surface area (Å²) in [5.74, 6) is 0.764. The molecule has 0 amide bonds. The van der Waals surface area contributed by atoms with Gasteiger partial charge in [-0.15, -0.1) is 0 Å². The van der Waals surface area contributed by atoms with Crippen molar-refractivity contribution in [2.24, 2.45) is 0 Å². The summed E-state index contributed by atoms with van der Waals surface area (Å²) in [6.45, 7) is 8.12. The molecular weight excluding hydrogens is 418 g/mol. The van der Waals surface area contributed by atoms with Crippen molar-refractivity contribution in [3.05, 3.63) is 54.0 Å². The Hall–Kier alpha value is -2.04. The molecule has 2 aromatic rings. The molecule has 31 heavy (non-hydrogen) atoms.